The molecular formula is C10H14O4. The monoisotopic (exact) mass is 198 g/mol. The lowest BCUT2D eigenvalue weighted by Gasteiger charge is -2.33. The number of fused-ring (bicyclic) bond motifs is 2. The maximum Gasteiger partial charge on any atom is 0.310 e. The van der Waals surface area contributed by atoms with Crippen molar-refractivity contribution < 1.29 is 19.4 Å². The summed E-state index contributed by atoms with van der Waals surface area (Å²) in [6.07, 6.45) is 1.22. The molecule has 0 aromatic rings. The molecule has 2 unspecified atom stereocenters. The number of carbonyl (C=O) groups is 2. The van der Waals surface area contributed by atoms with Gasteiger partial charge in [-0.05, 0) is 19.3 Å². The van der Waals surface area contributed by atoms with Crippen molar-refractivity contribution in [3.05, 3.63) is 0 Å². The molecule has 4 atom stereocenters. The molecule has 1 N–H and O–H groups in total. The van der Waals surface area contributed by atoms with Gasteiger partial charge >= 0.3 is 11.9 Å². The molecule has 1 aliphatic heterocycles. The molecule has 2 rings (SSSR count). The van der Waals surface area contributed by atoms with Crippen LogP contribution in [-0.4, -0.2) is 22.6 Å². The first-order valence-corrected chi connectivity index (χ1v) is 4.89. The van der Waals surface area contributed by atoms with Crippen molar-refractivity contribution in [3.63, 3.8) is 0 Å². The second-order valence-corrected chi connectivity index (χ2v) is 4.73. The number of carbonyl (C=O) groups excluding carboxylic acids is 1. The summed E-state index contributed by atoms with van der Waals surface area (Å²) in [6.45, 7) is 3.77. The zero-order valence-electron chi connectivity index (χ0n) is 8.32. The Balaban J connectivity index is 2.31. The molecule has 0 amide bonds. The van der Waals surface area contributed by atoms with Crippen LogP contribution in [0.1, 0.15) is 26.7 Å². The van der Waals surface area contributed by atoms with Gasteiger partial charge in [-0.1, -0.05) is 6.92 Å². The molecule has 14 heavy (non-hydrogen) atoms. The number of ether oxygens (including phenoxy) is 1. The van der Waals surface area contributed by atoms with Crippen LogP contribution in [-0.2, 0) is 14.3 Å². The van der Waals surface area contributed by atoms with E-state index < -0.39 is 23.4 Å². The lowest BCUT2D eigenvalue weighted by atomic mass is 9.69. The first-order chi connectivity index (χ1) is 6.43. The molecule has 2 aliphatic rings. The Labute approximate surface area is 82.2 Å². The second-order valence-electron chi connectivity index (χ2n) is 4.73. The molecule has 0 radical (unpaired) electrons. The molecule has 4 nitrogen and oxygen atoms in total. The molecule has 1 aliphatic carbocycles. The number of aliphatic carboxylic acids is 1. The van der Waals surface area contributed by atoms with Crippen molar-refractivity contribution in [1.82, 2.24) is 0 Å². The van der Waals surface area contributed by atoms with Gasteiger partial charge in [-0.2, -0.15) is 0 Å². The molecular weight excluding hydrogens is 184 g/mol. The lowest BCUT2D eigenvalue weighted by Crippen LogP contribution is -2.39. The quantitative estimate of drug-likeness (QED) is 0.639. The van der Waals surface area contributed by atoms with E-state index in [2.05, 4.69) is 0 Å². The number of carboxylic acid groups (broad SMARTS) is 1. The standard InChI is InChI=1S/C10H14O4/c1-5-3-10(2)4-6(9(13)14-10)7(5)8(11)12/h5-7H,3-4H2,1-2H3,(H,11,12)/t5?,6-,7?,10+/m0/s1. The van der Waals surface area contributed by atoms with Crippen molar-refractivity contribution in [2.45, 2.75) is 32.3 Å². The highest BCUT2D eigenvalue weighted by molar-refractivity contribution is 5.83. The third-order valence-corrected chi connectivity index (χ3v) is 3.39. The van der Waals surface area contributed by atoms with Gasteiger partial charge in [0.25, 0.3) is 0 Å². The minimum absolute atomic E-state index is 0.0164. The molecule has 78 valence electrons. The molecule has 0 aromatic heterocycles. The largest absolute Gasteiger partial charge is 0.481 e. The number of carboxylic acids is 1. The minimum atomic E-state index is -0.872. The van der Waals surface area contributed by atoms with Crippen LogP contribution in [0.5, 0.6) is 0 Å². The fraction of sp³-hybridized carbons (Fsp3) is 0.800. The smallest absolute Gasteiger partial charge is 0.310 e. The first kappa shape index (κ1) is 9.49. The Morgan fingerprint density at radius 1 is 1.57 bits per heavy atom. The normalized spacial score (nSPS) is 46.1. The number of hydrogen-bond acceptors (Lipinski definition) is 3. The Morgan fingerprint density at radius 3 is 2.79 bits per heavy atom. The molecule has 1 saturated carbocycles. The van der Waals surface area contributed by atoms with E-state index in [1.165, 1.54) is 0 Å². The predicted octanol–water partition coefficient (Wildman–Crippen LogP) is 1.05. The van der Waals surface area contributed by atoms with Crippen LogP contribution in [0.2, 0.25) is 0 Å². The van der Waals surface area contributed by atoms with E-state index in [1.54, 1.807) is 0 Å². The lowest BCUT2D eigenvalue weighted by molar-refractivity contribution is -0.152. The fourth-order valence-electron chi connectivity index (χ4n) is 2.93. The summed E-state index contributed by atoms with van der Waals surface area (Å²) in [7, 11) is 0. The van der Waals surface area contributed by atoms with Crippen molar-refractivity contribution in [2.24, 2.45) is 17.8 Å². The summed E-state index contributed by atoms with van der Waals surface area (Å²) in [6, 6.07) is 0. The zero-order valence-corrected chi connectivity index (χ0v) is 8.32. The molecule has 0 aromatic carbocycles. The van der Waals surface area contributed by atoms with E-state index in [1.807, 2.05) is 13.8 Å². The van der Waals surface area contributed by atoms with Gasteiger partial charge in [0, 0.05) is 6.42 Å². The molecule has 0 spiro atoms. The van der Waals surface area contributed by atoms with Gasteiger partial charge in [-0.15, -0.1) is 0 Å². The van der Waals surface area contributed by atoms with Crippen LogP contribution in [0.15, 0.2) is 0 Å². The number of rotatable bonds is 1. The van der Waals surface area contributed by atoms with Crippen LogP contribution >= 0.6 is 0 Å². The average Bonchev–Trinajstić information content (AvgIpc) is 2.21. The van der Waals surface area contributed by atoms with E-state index in [0.29, 0.717) is 12.8 Å². The summed E-state index contributed by atoms with van der Waals surface area (Å²) in [4.78, 5) is 22.4. The summed E-state index contributed by atoms with van der Waals surface area (Å²) in [5, 5.41) is 9.02. The summed E-state index contributed by atoms with van der Waals surface area (Å²) in [5.41, 5.74) is -0.410. The van der Waals surface area contributed by atoms with E-state index in [4.69, 9.17) is 9.84 Å². The van der Waals surface area contributed by atoms with Crippen molar-refractivity contribution >= 4 is 11.9 Å². The fourth-order valence-corrected chi connectivity index (χ4v) is 2.93. The van der Waals surface area contributed by atoms with Gasteiger partial charge in [0.1, 0.15) is 5.60 Å². The van der Waals surface area contributed by atoms with Crippen molar-refractivity contribution in [2.75, 3.05) is 0 Å². The number of esters is 1. The number of hydrogen-bond donors (Lipinski definition) is 1. The van der Waals surface area contributed by atoms with Gasteiger partial charge in [0.2, 0.25) is 0 Å². The summed E-state index contributed by atoms with van der Waals surface area (Å²) < 4.78 is 5.22. The summed E-state index contributed by atoms with van der Waals surface area (Å²) >= 11 is 0. The first-order valence-electron chi connectivity index (χ1n) is 4.89. The van der Waals surface area contributed by atoms with Gasteiger partial charge in [-0.25, -0.2) is 0 Å². The van der Waals surface area contributed by atoms with E-state index in [-0.39, 0.29) is 11.9 Å². The third-order valence-electron chi connectivity index (χ3n) is 3.39. The molecule has 2 fully saturated rings. The van der Waals surface area contributed by atoms with Gasteiger partial charge in [-0.3, -0.25) is 9.59 Å². The highest BCUT2D eigenvalue weighted by Gasteiger charge is 2.55. The van der Waals surface area contributed by atoms with Gasteiger partial charge in [0.15, 0.2) is 0 Å². The highest BCUT2D eigenvalue weighted by atomic mass is 16.6. The van der Waals surface area contributed by atoms with E-state index in [9.17, 15) is 9.59 Å². The molecule has 1 saturated heterocycles. The minimum Gasteiger partial charge on any atom is -0.481 e. The summed E-state index contributed by atoms with van der Waals surface area (Å²) in [5.74, 6) is -2.17. The van der Waals surface area contributed by atoms with Crippen molar-refractivity contribution in [1.29, 1.82) is 0 Å². The van der Waals surface area contributed by atoms with Crippen LogP contribution in [0.3, 0.4) is 0 Å². The Kier molecular flexibility index (Phi) is 1.84. The van der Waals surface area contributed by atoms with Crippen LogP contribution in [0, 0.1) is 17.8 Å². The molecule has 1 heterocycles. The van der Waals surface area contributed by atoms with Gasteiger partial charge in [0.05, 0.1) is 11.8 Å². The Hall–Kier alpha value is -1.06. The molecule has 2 bridgehead atoms. The predicted molar refractivity (Wildman–Crippen MR) is 47.5 cm³/mol. The van der Waals surface area contributed by atoms with Gasteiger partial charge < -0.3 is 9.84 Å². The highest BCUT2D eigenvalue weighted by Crippen LogP contribution is 2.48. The van der Waals surface area contributed by atoms with E-state index >= 15 is 0 Å². The topological polar surface area (TPSA) is 63.6 Å². The van der Waals surface area contributed by atoms with Crippen LogP contribution in [0.4, 0.5) is 0 Å². The Morgan fingerprint density at radius 2 is 2.21 bits per heavy atom. The molecule has 4 heteroatoms. The zero-order chi connectivity index (χ0) is 10.5. The SMILES string of the molecule is CC1C[C@]2(C)C[C@H](C(=O)O2)C1C(=O)O. The van der Waals surface area contributed by atoms with Crippen molar-refractivity contribution in [3.8, 4) is 0 Å². The van der Waals surface area contributed by atoms with E-state index in [0.717, 1.165) is 0 Å². The maximum absolute atomic E-state index is 11.4. The van der Waals surface area contributed by atoms with Crippen LogP contribution < -0.4 is 0 Å². The Bertz CT molecular complexity index is 298. The third kappa shape index (κ3) is 1.21. The second kappa shape index (κ2) is 2.72. The average molecular weight is 198 g/mol. The van der Waals surface area contributed by atoms with Crippen LogP contribution in [0.25, 0.3) is 0 Å². The maximum atomic E-state index is 11.4.